The largest absolute Gasteiger partial charge is 0.435 e. The molecule has 3 nitrogen and oxygen atoms in total. The van der Waals surface area contributed by atoms with Crippen molar-refractivity contribution in [2.24, 2.45) is 0 Å². The van der Waals surface area contributed by atoms with Crippen molar-refractivity contribution in [1.29, 1.82) is 0 Å². The molecule has 0 atom stereocenters. The van der Waals surface area contributed by atoms with Gasteiger partial charge in [-0.2, -0.15) is 13.2 Å². The molecule has 0 amide bonds. The Kier molecular flexibility index (Phi) is 3.06. The third-order valence-electron chi connectivity index (χ3n) is 2.44. The number of hydrogen-bond donors (Lipinski definition) is 0. The van der Waals surface area contributed by atoms with Crippen LogP contribution < -0.4 is 0 Å². The van der Waals surface area contributed by atoms with Crippen LogP contribution in [-0.4, -0.2) is 15.2 Å². The van der Waals surface area contributed by atoms with Gasteiger partial charge >= 0.3 is 6.18 Å². The van der Waals surface area contributed by atoms with Crippen LogP contribution in [0.3, 0.4) is 0 Å². The van der Waals surface area contributed by atoms with E-state index in [1.807, 2.05) is 0 Å². The van der Waals surface area contributed by atoms with E-state index >= 15 is 0 Å². The van der Waals surface area contributed by atoms with Crippen LogP contribution in [0.1, 0.15) is 29.5 Å². The molecule has 0 radical (unpaired) electrons. The highest BCUT2D eigenvalue weighted by Gasteiger charge is 2.39. The zero-order chi connectivity index (χ0) is 13.5. The van der Waals surface area contributed by atoms with Gasteiger partial charge in [-0.15, -0.1) is 0 Å². The lowest BCUT2D eigenvalue weighted by atomic mass is 10.2. The van der Waals surface area contributed by atoms with Crippen LogP contribution in [0, 0.1) is 0 Å². The van der Waals surface area contributed by atoms with Crippen molar-refractivity contribution in [3.05, 3.63) is 34.7 Å². The third kappa shape index (κ3) is 2.08. The summed E-state index contributed by atoms with van der Waals surface area (Å²) in [6, 6.07) is 2.76. The van der Waals surface area contributed by atoms with Crippen molar-refractivity contribution in [3.63, 3.8) is 0 Å². The van der Waals surface area contributed by atoms with Crippen LogP contribution in [0.5, 0.6) is 0 Å². The van der Waals surface area contributed by atoms with Crippen molar-refractivity contribution in [1.82, 2.24) is 9.38 Å². The standard InChI is InChI=1S/C11H8ClF3N2O/c1-2-7(18)9-10(11(13,14)15)16-8-4-3-6(12)5-17(8)9/h3-5H,2H2,1H3. The van der Waals surface area contributed by atoms with Gasteiger partial charge in [0.15, 0.2) is 11.5 Å². The summed E-state index contributed by atoms with van der Waals surface area (Å²) in [5.74, 6) is -0.628. The number of fused-ring (bicyclic) bond motifs is 1. The summed E-state index contributed by atoms with van der Waals surface area (Å²) >= 11 is 5.72. The van der Waals surface area contributed by atoms with Crippen molar-refractivity contribution in [3.8, 4) is 0 Å². The number of rotatable bonds is 2. The number of halogens is 4. The SMILES string of the molecule is CCC(=O)c1c(C(F)(F)F)nc2ccc(Cl)cn12. The van der Waals surface area contributed by atoms with E-state index in [4.69, 9.17) is 11.6 Å². The lowest BCUT2D eigenvalue weighted by molar-refractivity contribution is -0.141. The first-order valence-electron chi connectivity index (χ1n) is 5.12. The van der Waals surface area contributed by atoms with Crippen molar-refractivity contribution >= 4 is 23.0 Å². The van der Waals surface area contributed by atoms with Crippen molar-refractivity contribution < 1.29 is 18.0 Å². The average molecular weight is 277 g/mol. The molecule has 0 spiro atoms. The molecule has 0 unspecified atom stereocenters. The Labute approximate surface area is 105 Å². The molecule has 18 heavy (non-hydrogen) atoms. The predicted octanol–water partition coefficient (Wildman–Crippen LogP) is 3.60. The number of alkyl halides is 3. The lowest BCUT2D eigenvalue weighted by Gasteiger charge is -2.05. The lowest BCUT2D eigenvalue weighted by Crippen LogP contribution is -2.13. The summed E-state index contributed by atoms with van der Waals surface area (Å²) in [5, 5.41) is 0.235. The van der Waals surface area contributed by atoms with E-state index in [9.17, 15) is 18.0 Å². The number of aromatic nitrogens is 2. The number of Topliss-reactive ketones (excluding diaryl/α,β-unsaturated/α-hetero) is 1. The summed E-state index contributed by atoms with van der Waals surface area (Å²) in [6.45, 7) is 1.49. The average Bonchev–Trinajstić information content (AvgIpc) is 2.66. The van der Waals surface area contributed by atoms with Gasteiger partial charge in [-0.1, -0.05) is 18.5 Å². The Morgan fingerprint density at radius 3 is 2.67 bits per heavy atom. The maximum atomic E-state index is 12.8. The van der Waals surface area contributed by atoms with Crippen LogP contribution in [0.4, 0.5) is 13.2 Å². The van der Waals surface area contributed by atoms with Gasteiger partial charge in [0.05, 0.1) is 5.02 Å². The molecule has 0 aliphatic rings. The summed E-state index contributed by atoms with van der Waals surface area (Å²) in [6.07, 6.45) is -3.45. The van der Waals surface area contributed by atoms with Gasteiger partial charge in [-0.25, -0.2) is 4.98 Å². The molecule has 2 rings (SSSR count). The summed E-state index contributed by atoms with van der Waals surface area (Å²) in [7, 11) is 0. The minimum atomic E-state index is -4.67. The number of ketones is 1. The van der Waals surface area contributed by atoms with Crippen LogP contribution in [-0.2, 0) is 6.18 Å². The fraction of sp³-hybridized carbons (Fsp3) is 0.273. The number of carbonyl (C=O) groups is 1. The van der Waals surface area contributed by atoms with Crippen molar-refractivity contribution in [2.75, 3.05) is 0 Å². The van der Waals surface area contributed by atoms with E-state index in [0.717, 1.165) is 4.40 Å². The first-order chi connectivity index (χ1) is 8.34. The van der Waals surface area contributed by atoms with E-state index in [0.29, 0.717) is 0 Å². The molecule has 0 bridgehead atoms. The second kappa shape index (κ2) is 4.28. The fourth-order valence-corrected chi connectivity index (χ4v) is 1.81. The van der Waals surface area contributed by atoms with Crippen LogP contribution in [0.25, 0.3) is 5.65 Å². The molecule has 0 aliphatic heterocycles. The van der Waals surface area contributed by atoms with E-state index < -0.39 is 23.3 Å². The summed E-state index contributed by atoms with van der Waals surface area (Å²) in [4.78, 5) is 15.1. The summed E-state index contributed by atoms with van der Waals surface area (Å²) in [5.41, 5.74) is -1.59. The van der Waals surface area contributed by atoms with E-state index in [2.05, 4.69) is 4.98 Å². The molecule has 7 heteroatoms. The Hall–Kier alpha value is -1.56. The predicted molar refractivity (Wildman–Crippen MR) is 59.8 cm³/mol. The van der Waals surface area contributed by atoms with E-state index in [1.165, 1.54) is 25.3 Å². The van der Waals surface area contributed by atoms with E-state index in [1.54, 1.807) is 0 Å². The Bertz CT molecular complexity index is 619. The first-order valence-corrected chi connectivity index (χ1v) is 5.50. The number of hydrogen-bond acceptors (Lipinski definition) is 2. The third-order valence-corrected chi connectivity index (χ3v) is 2.66. The topological polar surface area (TPSA) is 34.4 Å². The number of carbonyl (C=O) groups excluding carboxylic acids is 1. The molecule has 0 aromatic carbocycles. The molecule has 0 saturated heterocycles. The Morgan fingerprint density at radius 1 is 1.44 bits per heavy atom. The van der Waals surface area contributed by atoms with Crippen LogP contribution in [0.15, 0.2) is 18.3 Å². The van der Waals surface area contributed by atoms with Gasteiger partial charge < -0.3 is 0 Å². The fourth-order valence-electron chi connectivity index (χ4n) is 1.65. The van der Waals surface area contributed by atoms with Gasteiger partial charge in [0.1, 0.15) is 11.3 Å². The number of nitrogens with zero attached hydrogens (tertiary/aromatic N) is 2. The Balaban J connectivity index is 2.82. The quantitative estimate of drug-likeness (QED) is 0.786. The van der Waals surface area contributed by atoms with Crippen LogP contribution in [0.2, 0.25) is 5.02 Å². The molecule has 2 heterocycles. The van der Waals surface area contributed by atoms with Gasteiger partial charge in [-0.3, -0.25) is 9.20 Å². The van der Waals surface area contributed by atoms with Gasteiger partial charge in [0.2, 0.25) is 0 Å². The summed E-state index contributed by atoms with van der Waals surface area (Å²) < 4.78 is 39.5. The molecule has 2 aromatic rings. The minimum Gasteiger partial charge on any atom is -0.295 e. The Morgan fingerprint density at radius 2 is 2.11 bits per heavy atom. The van der Waals surface area contributed by atoms with E-state index in [-0.39, 0.29) is 17.1 Å². The molecule has 96 valence electrons. The monoisotopic (exact) mass is 276 g/mol. The second-order valence-corrected chi connectivity index (χ2v) is 4.10. The molecule has 2 aromatic heterocycles. The number of pyridine rings is 1. The maximum absolute atomic E-state index is 12.8. The van der Waals surface area contributed by atoms with Gasteiger partial charge in [0.25, 0.3) is 0 Å². The molecular formula is C11H8ClF3N2O. The highest BCUT2D eigenvalue weighted by atomic mass is 35.5. The zero-order valence-corrected chi connectivity index (χ0v) is 10.0. The molecule has 0 aliphatic carbocycles. The first kappa shape index (κ1) is 12.9. The molecule has 0 fully saturated rings. The maximum Gasteiger partial charge on any atom is 0.435 e. The van der Waals surface area contributed by atoms with Crippen molar-refractivity contribution in [2.45, 2.75) is 19.5 Å². The highest BCUT2D eigenvalue weighted by molar-refractivity contribution is 6.30. The van der Waals surface area contributed by atoms with Gasteiger partial charge in [0, 0.05) is 12.6 Å². The van der Waals surface area contributed by atoms with Crippen LogP contribution >= 0.6 is 11.6 Å². The highest BCUT2D eigenvalue weighted by Crippen LogP contribution is 2.32. The van der Waals surface area contributed by atoms with Gasteiger partial charge in [-0.05, 0) is 12.1 Å². The molecule has 0 saturated carbocycles. The zero-order valence-electron chi connectivity index (χ0n) is 9.25. The second-order valence-electron chi connectivity index (χ2n) is 3.66. The number of imidazole rings is 1. The normalized spacial score (nSPS) is 12.1. The molecular weight excluding hydrogens is 269 g/mol. The molecule has 0 N–H and O–H groups in total. The smallest absolute Gasteiger partial charge is 0.295 e. The minimum absolute atomic E-state index is 0.0383.